The molecule has 4 rings (SSSR count). The van der Waals surface area contributed by atoms with Gasteiger partial charge < -0.3 is 4.74 Å². The smallest absolute Gasteiger partial charge is 0.217 e. The zero-order valence-electron chi connectivity index (χ0n) is 17.6. The van der Waals surface area contributed by atoms with E-state index in [1.54, 1.807) is 0 Å². The molecule has 3 aromatic rings. The van der Waals surface area contributed by atoms with Crippen molar-refractivity contribution in [1.29, 1.82) is 0 Å². The molecular weight excluding hydrogens is 373 g/mol. The van der Waals surface area contributed by atoms with Crippen LogP contribution in [0.2, 0.25) is 0 Å². The number of hydrogen-bond acceptors (Lipinski definition) is 2. The third-order valence-electron chi connectivity index (χ3n) is 5.86. The lowest BCUT2D eigenvalue weighted by Crippen LogP contribution is -2.39. The predicted octanol–water partition coefficient (Wildman–Crippen LogP) is 5.03. The van der Waals surface area contributed by atoms with Gasteiger partial charge in [0.05, 0.1) is 0 Å². The van der Waals surface area contributed by atoms with Gasteiger partial charge in [0.2, 0.25) is 5.90 Å². The second kappa shape index (κ2) is 7.76. The minimum absolute atomic E-state index is 0.0350. The van der Waals surface area contributed by atoms with Gasteiger partial charge in [0, 0.05) is 5.56 Å². The Labute approximate surface area is 175 Å². The summed E-state index contributed by atoms with van der Waals surface area (Å²) in [6, 6.07) is 30.2. The average Bonchev–Trinajstić information content (AvgIpc) is 3.14. The largest absolute Gasteiger partial charge is 0.475 e. The summed E-state index contributed by atoms with van der Waals surface area (Å²) < 4.78 is 6.20. The summed E-state index contributed by atoms with van der Waals surface area (Å²) in [4.78, 5) is 5.10. The number of nitrogens with zero attached hydrogens (tertiary/aromatic N) is 1. The van der Waals surface area contributed by atoms with E-state index >= 15 is 0 Å². The van der Waals surface area contributed by atoms with Crippen molar-refractivity contribution in [2.45, 2.75) is 33.2 Å². The van der Waals surface area contributed by atoms with Crippen molar-refractivity contribution in [3.8, 4) is 0 Å². The van der Waals surface area contributed by atoms with E-state index in [4.69, 9.17) is 9.73 Å². The van der Waals surface area contributed by atoms with Crippen LogP contribution in [0.5, 0.6) is 0 Å². The summed E-state index contributed by atoms with van der Waals surface area (Å²) in [6.45, 7) is 9.51. The van der Waals surface area contributed by atoms with E-state index in [1.165, 1.54) is 15.9 Å². The van der Waals surface area contributed by atoms with E-state index in [2.05, 4.69) is 113 Å². The van der Waals surface area contributed by atoms with Crippen LogP contribution in [0, 0.1) is 5.41 Å². The van der Waals surface area contributed by atoms with Gasteiger partial charge in [-0.2, -0.15) is 0 Å². The van der Waals surface area contributed by atoms with E-state index in [0.717, 1.165) is 11.5 Å². The molecule has 0 fully saturated rings. The molecule has 3 heteroatoms. The minimum Gasteiger partial charge on any atom is -0.475 e. The first-order valence-electron chi connectivity index (χ1n) is 10.1. The molecule has 0 radical (unpaired) electrons. The van der Waals surface area contributed by atoms with Crippen LogP contribution in [-0.2, 0) is 4.74 Å². The lowest BCUT2D eigenvalue weighted by molar-refractivity contribution is 0.154. The average molecular weight is 401 g/mol. The van der Waals surface area contributed by atoms with Crippen molar-refractivity contribution in [3.63, 3.8) is 0 Å². The minimum atomic E-state index is -0.703. The summed E-state index contributed by atoms with van der Waals surface area (Å²) >= 11 is 0. The van der Waals surface area contributed by atoms with Gasteiger partial charge in [-0.15, -0.1) is 0 Å². The van der Waals surface area contributed by atoms with Crippen LogP contribution in [-0.4, -0.2) is 18.0 Å². The molecule has 3 aromatic carbocycles. The normalized spacial score (nSPS) is 19.1. The molecule has 1 heterocycles. The topological polar surface area (TPSA) is 21.6 Å². The Kier molecular flexibility index (Phi) is 5.32. The van der Waals surface area contributed by atoms with Crippen LogP contribution >= 0.6 is 7.92 Å². The molecule has 2 nitrogen and oxygen atoms in total. The number of ether oxygens (including phenoxy) is 1. The lowest BCUT2D eigenvalue weighted by Gasteiger charge is -2.33. The highest BCUT2D eigenvalue weighted by Gasteiger charge is 2.43. The fourth-order valence-electron chi connectivity index (χ4n) is 3.45. The van der Waals surface area contributed by atoms with Crippen LogP contribution in [0.1, 0.15) is 33.3 Å². The van der Waals surface area contributed by atoms with Gasteiger partial charge >= 0.3 is 0 Å². The van der Waals surface area contributed by atoms with Gasteiger partial charge in [0.15, 0.2) is 0 Å². The van der Waals surface area contributed by atoms with Gasteiger partial charge in [0.25, 0.3) is 0 Å². The molecule has 1 aliphatic heterocycles. The van der Waals surface area contributed by atoms with Crippen LogP contribution in [0.25, 0.3) is 0 Å². The van der Waals surface area contributed by atoms with Crippen LogP contribution in [0.15, 0.2) is 89.9 Å². The SMILES string of the molecule is CC(C)(C)C1(C)COC(c2ccccc2P(c2ccccc2)c2ccccc2)=N1. The highest BCUT2D eigenvalue weighted by atomic mass is 31.1. The Morgan fingerprint density at radius 1 is 0.793 bits per heavy atom. The Bertz CT molecular complexity index is 968. The van der Waals surface area contributed by atoms with Gasteiger partial charge in [-0.1, -0.05) is 99.6 Å². The maximum atomic E-state index is 6.20. The molecule has 148 valence electrons. The molecule has 0 amide bonds. The summed E-state index contributed by atoms with van der Waals surface area (Å²) in [5.41, 5.74) is 0.921. The van der Waals surface area contributed by atoms with Crippen LogP contribution in [0.3, 0.4) is 0 Å². The first-order chi connectivity index (χ1) is 13.9. The number of rotatable bonds is 4. The fraction of sp³-hybridized carbons (Fsp3) is 0.269. The van der Waals surface area contributed by atoms with E-state index in [1.807, 2.05) is 0 Å². The molecule has 29 heavy (non-hydrogen) atoms. The summed E-state index contributed by atoms with van der Waals surface area (Å²) in [7, 11) is -0.703. The third kappa shape index (κ3) is 3.87. The van der Waals surface area contributed by atoms with Gasteiger partial charge in [-0.3, -0.25) is 0 Å². The molecule has 0 spiro atoms. The molecule has 0 N–H and O–H groups in total. The molecule has 1 atom stereocenters. The maximum absolute atomic E-state index is 6.20. The van der Waals surface area contributed by atoms with Crippen LogP contribution < -0.4 is 15.9 Å². The summed E-state index contributed by atoms with van der Waals surface area (Å²) in [5, 5.41) is 3.95. The van der Waals surface area contributed by atoms with Gasteiger partial charge in [-0.05, 0) is 42.2 Å². The van der Waals surface area contributed by atoms with Crippen molar-refractivity contribution >= 4 is 29.7 Å². The molecule has 1 aliphatic rings. The van der Waals surface area contributed by atoms with Crippen molar-refractivity contribution in [2.75, 3.05) is 6.61 Å². The predicted molar refractivity (Wildman–Crippen MR) is 125 cm³/mol. The summed E-state index contributed by atoms with van der Waals surface area (Å²) in [6.07, 6.45) is 0. The number of benzene rings is 3. The van der Waals surface area contributed by atoms with E-state index in [0.29, 0.717) is 6.61 Å². The summed E-state index contributed by atoms with van der Waals surface area (Å²) in [5.74, 6) is 0.775. The highest BCUT2D eigenvalue weighted by molar-refractivity contribution is 7.80. The highest BCUT2D eigenvalue weighted by Crippen LogP contribution is 2.39. The van der Waals surface area contributed by atoms with Crippen molar-refractivity contribution in [2.24, 2.45) is 10.4 Å². The zero-order chi connectivity index (χ0) is 20.5. The molecule has 0 aromatic heterocycles. The van der Waals surface area contributed by atoms with Gasteiger partial charge in [-0.25, -0.2) is 4.99 Å². The fourth-order valence-corrected chi connectivity index (χ4v) is 5.89. The quantitative estimate of drug-likeness (QED) is 0.562. The molecule has 0 saturated carbocycles. The first kappa shape index (κ1) is 19.9. The Hall–Kier alpha value is -2.44. The Morgan fingerprint density at radius 3 is 1.83 bits per heavy atom. The van der Waals surface area contributed by atoms with Crippen molar-refractivity contribution < 1.29 is 4.74 Å². The van der Waals surface area contributed by atoms with E-state index < -0.39 is 7.92 Å². The monoisotopic (exact) mass is 401 g/mol. The molecular formula is C26H28NOP. The number of aliphatic imine (C=N–C) groups is 1. The second-order valence-corrected chi connectivity index (χ2v) is 10.9. The van der Waals surface area contributed by atoms with Crippen molar-refractivity contribution in [1.82, 2.24) is 0 Å². The van der Waals surface area contributed by atoms with E-state index in [9.17, 15) is 0 Å². The van der Waals surface area contributed by atoms with Crippen LogP contribution in [0.4, 0.5) is 0 Å². The molecule has 0 saturated heterocycles. The standard InChI is InChI=1S/C26H28NOP/c1-25(2,3)26(4)19-28-24(27-26)22-17-11-12-18-23(22)29(20-13-7-5-8-14-20)21-15-9-6-10-16-21/h5-18H,19H2,1-4H3. The second-order valence-electron chi connectivity index (χ2n) is 8.75. The van der Waals surface area contributed by atoms with Gasteiger partial charge in [0.1, 0.15) is 12.1 Å². The Morgan fingerprint density at radius 2 is 1.31 bits per heavy atom. The third-order valence-corrected chi connectivity index (χ3v) is 8.36. The van der Waals surface area contributed by atoms with Crippen molar-refractivity contribution in [3.05, 3.63) is 90.5 Å². The molecule has 0 aliphatic carbocycles. The zero-order valence-corrected chi connectivity index (χ0v) is 18.5. The first-order valence-corrected chi connectivity index (χ1v) is 11.5. The lowest BCUT2D eigenvalue weighted by atomic mass is 9.76. The Balaban J connectivity index is 1.86. The maximum Gasteiger partial charge on any atom is 0.217 e. The molecule has 0 bridgehead atoms. The molecule has 1 unspecified atom stereocenters. The van der Waals surface area contributed by atoms with E-state index in [-0.39, 0.29) is 11.0 Å². The number of hydrogen-bond donors (Lipinski definition) is 0.